The SMILES string of the molecule is COc1ccc(CCNC(=O)CCC2(Cc3ccc4ccccc4c3)CCC(=O)N2)cc1. The Balaban J connectivity index is 1.32. The summed E-state index contributed by atoms with van der Waals surface area (Å²) >= 11 is 0. The maximum Gasteiger partial charge on any atom is 0.220 e. The molecule has 0 aliphatic carbocycles. The van der Waals surface area contributed by atoms with E-state index in [9.17, 15) is 9.59 Å². The topological polar surface area (TPSA) is 67.4 Å². The Morgan fingerprint density at radius 2 is 1.78 bits per heavy atom. The van der Waals surface area contributed by atoms with Gasteiger partial charge in [0.25, 0.3) is 0 Å². The zero-order chi connectivity index (χ0) is 22.4. The Morgan fingerprint density at radius 3 is 2.50 bits per heavy atom. The predicted molar refractivity (Wildman–Crippen MR) is 127 cm³/mol. The van der Waals surface area contributed by atoms with Crippen LogP contribution in [0.2, 0.25) is 0 Å². The third-order valence-corrected chi connectivity index (χ3v) is 6.32. The number of carbonyl (C=O) groups is 2. The van der Waals surface area contributed by atoms with E-state index in [-0.39, 0.29) is 17.4 Å². The molecule has 1 atom stereocenters. The third-order valence-electron chi connectivity index (χ3n) is 6.32. The lowest BCUT2D eigenvalue weighted by Crippen LogP contribution is -2.44. The van der Waals surface area contributed by atoms with Crippen molar-refractivity contribution in [3.05, 3.63) is 77.9 Å². The van der Waals surface area contributed by atoms with Crippen molar-refractivity contribution >= 4 is 22.6 Å². The number of nitrogens with one attached hydrogen (secondary N) is 2. The molecule has 0 radical (unpaired) electrons. The van der Waals surface area contributed by atoms with Crippen LogP contribution in [0.4, 0.5) is 0 Å². The van der Waals surface area contributed by atoms with Gasteiger partial charge in [-0.25, -0.2) is 0 Å². The van der Waals surface area contributed by atoms with Crippen LogP contribution < -0.4 is 15.4 Å². The molecule has 1 aliphatic heterocycles. The van der Waals surface area contributed by atoms with Crippen LogP contribution in [0.25, 0.3) is 10.8 Å². The summed E-state index contributed by atoms with van der Waals surface area (Å²) in [6, 6.07) is 22.6. The molecule has 0 saturated carbocycles. The van der Waals surface area contributed by atoms with Crippen LogP contribution in [-0.2, 0) is 22.4 Å². The lowest BCUT2D eigenvalue weighted by Gasteiger charge is -2.29. The number of hydrogen-bond acceptors (Lipinski definition) is 3. The molecule has 1 aliphatic rings. The molecule has 4 rings (SSSR count). The maximum absolute atomic E-state index is 12.5. The molecule has 1 saturated heterocycles. The molecular weight excluding hydrogens is 400 g/mol. The highest BCUT2D eigenvalue weighted by molar-refractivity contribution is 5.83. The average molecular weight is 431 g/mol. The summed E-state index contributed by atoms with van der Waals surface area (Å²) in [7, 11) is 1.65. The second kappa shape index (κ2) is 9.86. The highest BCUT2D eigenvalue weighted by atomic mass is 16.5. The van der Waals surface area contributed by atoms with E-state index < -0.39 is 0 Å². The second-order valence-corrected chi connectivity index (χ2v) is 8.63. The van der Waals surface area contributed by atoms with Crippen LogP contribution in [0.3, 0.4) is 0 Å². The van der Waals surface area contributed by atoms with E-state index >= 15 is 0 Å². The molecule has 5 nitrogen and oxygen atoms in total. The minimum Gasteiger partial charge on any atom is -0.497 e. The van der Waals surface area contributed by atoms with Gasteiger partial charge in [0, 0.05) is 24.9 Å². The lowest BCUT2D eigenvalue weighted by molar-refractivity contribution is -0.122. The molecule has 2 amide bonds. The zero-order valence-electron chi connectivity index (χ0n) is 18.5. The van der Waals surface area contributed by atoms with Gasteiger partial charge in [0.1, 0.15) is 5.75 Å². The van der Waals surface area contributed by atoms with E-state index in [0.29, 0.717) is 25.8 Å². The summed E-state index contributed by atoms with van der Waals surface area (Å²) in [5, 5.41) is 8.60. The molecular formula is C27H30N2O3. The summed E-state index contributed by atoms with van der Waals surface area (Å²) in [6.07, 6.45) is 3.83. The smallest absolute Gasteiger partial charge is 0.220 e. The third kappa shape index (κ3) is 5.47. The molecule has 0 aromatic heterocycles. The van der Waals surface area contributed by atoms with Crippen LogP contribution in [0.5, 0.6) is 5.75 Å². The van der Waals surface area contributed by atoms with E-state index in [4.69, 9.17) is 4.74 Å². The molecule has 32 heavy (non-hydrogen) atoms. The Labute approximate surface area is 189 Å². The first kappa shape index (κ1) is 21.9. The number of amides is 2. The van der Waals surface area contributed by atoms with Crippen molar-refractivity contribution in [1.29, 1.82) is 0 Å². The van der Waals surface area contributed by atoms with E-state index in [1.807, 2.05) is 36.4 Å². The fourth-order valence-electron chi connectivity index (χ4n) is 4.50. The molecule has 166 valence electrons. The van der Waals surface area contributed by atoms with E-state index in [2.05, 4.69) is 41.0 Å². The molecule has 0 bridgehead atoms. The lowest BCUT2D eigenvalue weighted by atomic mass is 9.84. The van der Waals surface area contributed by atoms with Gasteiger partial charge in [0.15, 0.2) is 0 Å². The minimum absolute atomic E-state index is 0.0255. The second-order valence-electron chi connectivity index (χ2n) is 8.63. The van der Waals surface area contributed by atoms with Crippen molar-refractivity contribution in [1.82, 2.24) is 10.6 Å². The standard InChI is InChI=1S/C27H30N2O3/c1-32-24-10-7-20(8-11-24)14-17-28-25(30)12-15-27(16-13-26(31)29-27)19-21-6-9-22-4-2-3-5-23(22)18-21/h2-11,18H,12-17,19H2,1H3,(H,28,30)(H,29,31). The summed E-state index contributed by atoms with van der Waals surface area (Å²) in [4.78, 5) is 24.6. The normalized spacial score (nSPS) is 17.8. The Bertz CT molecular complexity index is 1090. The quantitative estimate of drug-likeness (QED) is 0.535. The van der Waals surface area contributed by atoms with Gasteiger partial charge in [0.05, 0.1) is 7.11 Å². The van der Waals surface area contributed by atoms with Gasteiger partial charge >= 0.3 is 0 Å². The number of benzene rings is 3. The zero-order valence-corrected chi connectivity index (χ0v) is 18.5. The summed E-state index contributed by atoms with van der Waals surface area (Å²) in [5.41, 5.74) is 1.99. The average Bonchev–Trinajstić information content (AvgIpc) is 3.18. The highest BCUT2D eigenvalue weighted by Crippen LogP contribution is 2.30. The van der Waals surface area contributed by atoms with Crippen LogP contribution in [0, 0.1) is 0 Å². The first-order chi connectivity index (χ1) is 15.5. The molecule has 3 aromatic carbocycles. The molecule has 1 heterocycles. The van der Waals surface area contributed by atoms with E-state index in [1.165, 1.54) is 16.3 Å². The number of carbonyl (C=O) groups excluding carboxylic acids is 2. The monoisotopic (exact) mass is 430 g/mol. The maximum atomic E-state index is 12.5. The number of ether oxygens (including phenoxy) is 1. The minimum atomic E-state index is -0.354. The van der Waals surface area contributed by atoms with Crippen molar-refractivity contribution in [2.24, 2.45) is 0 Å². The first-order valence-electron chi connectivity index (χ1n) is 11.2. The van der Waals surface area contributed by atoms with Gasteiger partial charge in [-0.1, -0.05) is 54.6 Å². The number of hydrogen-bond donors (Lipinski definition) is 2. The predicted octanol–water partition coefficient (Wildman–Crippen LogP) is 4.18. The van der Waals surface area contributed by atoms with Crippen molar-refractivity contribution < 1.29 is 14.3 Å². The fourth-order valence-corrected chi connectivity index (χ4v) is 4.50. The number of rotatable bonds is 9. The number of fused-ring (bicyclic) bond motifs is 1. The molecule has 0 spiro atoms. The molecule has 2 N–H and O–H groups in total. The highest BCUT2D eigenvalue weighted by Gasteiger charge is 2.37. The van der Waals surface area contributed by atoms with Crippen molar-refractivity contribution in [2.75, 3.05) is 13.7 Å². The van der Waals surface area contributed by atoms with Gasteiger partial charge < -0.3 is 15.4 Å². The summed E-state index contributed by atoms with van der Waals surface area (Å²) < 4.78 is 5.17. The van der Waals surface area contributed by atoms with Crippen molar-refractivity contribution in [3.63, 3.8) is 0 Å². The van der Waals surface area contributed by atoms with Crippen molar-refractivity contribution in [3.8, 4) is 5.75 Å². The van der Waals surface area contributed by atoms with Crippen molar-refractivity contribution in [2.45, 2.75) is 44.1 Å². The van der Waals surface area contributed by atoms with Crippen LogP contribution in [0.15, 0.2) is 66.7 Å². The Kier molecular flexibility index (Phi) is 6.74. The van der Waals surface area contributed by atoms with Gasteiger partial charge in [-0.2, -0.15) is 0 Å². The summed E-state index contributed by atoms with van der Waals surface area (Å²) in [6.45, 7) is 0.592. The van der Waals surface area contributed by atoms with E-state index in [1.54, 1.807) is 7.11 Å². The Morgan fingerprint density at radius 1 is 1.03 bits per heavy atom. The first-order valence-corrected chi connectivity index (χ1v) is 11.2. The number of methoxy groups -OCH3 is 1. The van der Waals surface area contributed by atoms with Crippen LogP contribution in [0.1, 0.15) is 36.8 Å². The van der Waals surface area contributed by atoms with Gasteiger partial charge in [-0.15, -0.1) is 0 Å². The fraction of sp³-hybridized carbons (Fsp3) is 0.333. The molecule has 1 fully saturated rings. The van der Waals surface area contributed by atoms with Crippen LogP contribution in [-0.4, -0.2) is 31.0 Å². The van der Waals surface area contributed by atoms with E-state index in [0.717, 1.165) is 30.6 Å². The van der Waals surface area contributed by atoms with Gasteiger partial charge in [-0.3, -0.25) is 9.59 Å². The largest absolute Gasteiger partial charge is 0.497 e. The Hall–Kier alpha value is -3.34. The van der Waals surface area contributed by atoms with Gasteiger partial charge in [-0.05, 0) is 59.7 Å². The summed E-state index contributed by atoms with van der Waals surface area (Å²) in [5.74, 6) is 0.927. The molecule has 5 heteroatoms. The molecule has 3 aromatic rings. The molecule has 1 unspecified atom stereocenters. The van der Waals surface area contributed by atoms with Gasteiger partial charge in [0.2, 0.25) is 11.8 Å². The van der Waals surface area contributed by atoms with Crippen LogP contribution >= 0.6 is 0 Å².